The number of nitrogens with zero attached hydrogens (tertiary/aromatic N) is 1. The van der Waals surface area contributed by atoms with Crippen molar-refractivity contribution in [3.8, 4) is 5.75 Å². The van der Waals surface area contributed by atoms with Crippen molar-refractivity contribution >= 4 is 21.7 Å². The molecule has 8 heteroatoms. The standard InChI is InChI=1S/C14H19NO6S/c1-10(9-22(3,19)20)15(2)14(18)11-5-4-6-12(7-11)21-8-13(16)17/h4-7,10H,8-9H2,1-3H3,(H,16,17). The van der Waals surface area contributed by atoms with Crippen LogP contribution in [0.25, 0.3) is 0 Å². The number of carboxylic acid groups (broad SMARTS) is 1. The van der Waals surface area contributed by atoms with Gasteiger partial charge in [0.25, 0.3) is 5.91 Å². The highest BCUT2D eigenvalue weighted by Crippen LogP contribution is 2.16. The first kappa shape index (κ1) is 18.0. The molecule has 0 bridgehead atoms. The smallest absolute Gasteiger partial charge is 0.341 e. The average molecular weight is 329 g/mol. The number of rotatable bonds is 7. The van der Waals surface area contributed by atoms with Crippen molar-refractivity contribution in [2.24, 2.45) is 0 Å². The molecule has 0 radical (unpaired) electrons. The lowest BCUT2D eigenvalue weighted by Crippen LogP contribution is -2.39. The first-order valence-electron chi connectivity index (χ1n) is 6.49. The Morgan fingerprint density at radius 1 is 1.36 bits per heavy atom. The Bertz CT molecular complexity index is 655. The molecule has 0 saturated carbocycles. The van der Waals surface area contributed by atoms with Crippen molar-refractivity contribution in [1.29, 1.82) is 0 Å². The number of aliphatic carboxylic acids is 1. The molecular weight excluding hydrogens is 310 g/mol. The number of carbonyl (C=O) groups excluding carboxylic acids is 1. The van der Waals surface area contributed by atoms with Crippen LogP contribution >= 0.6 is 0 Å². The molecule has 1 amide bonds. The molecular formula is C14H19NO6S. The van der Waals surface area contributed by atoms with E-state index in [4.69, 9.17) is 9.84 Å². The maximum atomic E-state index is 12.3. The number of sulfone groups is 1. The highest BCUT2D eigenvalue weighted by molar-refractivity contribution is 7.90. The van der Waals surface area contributed by atoms with Gasteiger partial charge < -0.3 is 14.7 Å². The van der Waals surface area contributed by atoms with Crippen LogP contribution in [0.5, 0.6) is 5.75 Å². The Balaban J connectivity index is 2.84. The maximum Gasteiger partial charge on any atom is 0.341 e. The van der Waals surface area contributed by atoms with E-state index < -0.39 is 28.5 Å². The third kappa shape index (κ3) is 5.72. The predicted octanol–water partition coefficient (Wildman–Crippen LogP) is 0.655. The molecule has 0 saturated heterocycles. The van der Waals surface area contributed by atoms with E-state index in [9.17, 15) is 18.0 Å². The molecule has 22 heavy (non-hydrogen) atoms. The molecule has 0 aliphatic carbocycles. The fourth-order valence-corrected chi connectivity index (χ4v) is 2.92. The van der Waals surface area contributed by atoms with Crippen molar-refractivity contribution in [1.82, 2.24) is 4.90 Å². The van der Waals surface area contributed by atoms with Crippen molar-refractivity contribution in [2.75, 3.05) is 25.7 Å². The van der Waals surface area contributed by atoms with Gasteiger partial charge in [0.1, 0.15) is 15.6 Å². The average Bonchev–Trinajstić information content (AvgIpc) is 2.42. The highest BCUT2D eigenvalue weighted by Gasteiger charge is 2.21. The topological polar surface area (TPSA) is 101 Å². The molecule has 7 nitrogen and oxygen atoms in total. The third-order valence-electron chi connectivity index (χ3n) is 2.97. The first-order valence-corrected chi connectivity index (χ1v) is 8.55. The molecule has 0 aliphatic heterocycles. The Kier molecular flexibility index (Phi) is 5.92. The second kappa shape index (κ2) is 7.26. The minimum Gasteiger partial charge on any atom is -0.482 e. The SMILES string of the molecule is CC(CS(C)(=O)=O)N(C)C(=O)c1cccc(OCC(=O)O)c1. The summed E-state index contributed by atoms with van der Waals surface area (Å²) in [6.07, 6.45) is 1.11. The van der Waals surface area contributed by atoms with Gasteiger partial charge in [-0.1, -0.05) is 6.07 Å². The molecule has 1 unspecified atom stereocenters. The second-order valence-electron chi connectivity index (χ2n) is 5.07. The highest BCUT2D eigenvalue weighted by atomic mass is 32.2. The quantitative estimate of drug-likeness (QED) is 0.788. The van der Waals surface area contributed by atoms with Crippen LogP contribution in [-0.2, 0) is 14.6 Å². The largest absolute Gasteiger partial charge is 0.482 e. The summed E-state index contributed by atoms with van der Waals surface area (Å²) in [6.45, 7) is 1.14. The van der Waals surface area contributed by atoms with Gasteiger partial charge in [0, 0.05) is 24.9 Å². The van der Waals surface area contributed by atoms with E-state index in [0.717, 1.165) is 6.26 Å². The number of hydrogen-bond donors (Lipinski definition) is 1. The van der Waals surface area contributed by atoms with Gasteiger partial charge in [-0.3, -0.25) is 4.79 Å². The molecule has 0 heterocycles. The minimum absolute atomic E-state index is 0.134. The zero-order valence-corrected chi connectivity index (χ0v) is 13.5. The van der Waals surface area contributed by atoms with Crippen LogP contribution in [0.3, 0.4) is 0 Å². The monoisotopic (exact) mass is 329 g/mol. The Morgan fingerprint density at radius 2 is 2.00 bits per heavy atom. The van der Waals surface area contributed by atoms with E-state index >= 15 is 0 Å². The summed E-state index contributed by atoms with van der Waals surface area (Å²) in [4.78, 5) is 24.1. The van der Waals surface area contributed by atoms with Crippen LogP contribution in [0.4, 0.5) is 0 Å². The molecule has 0 aromatic heterocycles. The summed E-state index contributed by atoms with van der Waals surface area (Å²) in [7, 11) is -1.68. The van der Waals surface area contributed by atoms with Crippen LogP contribution in [0.15, 0.2) is 24.3 Å². The van der Waals surface area contributed by atoms with Gasteiger partial charge in [0.05, 0.1) is 5.75 Å². The number of benzene rings is 1. The molecule has 0 spiro atoms. The van der Waals surface area contributed by atoms with Gasteiger partial charge in [-0.2, -0.15) is 0 Å². The molecule has 1 aromatic rings. The number of carbonyl (C=O) groups is 2. The Morgan fingerprint density at radius 3 is 2.55 bits per heavy atom. The number of carboxylic acids is 1. The normalized spacial score (nSPS) is 12.5. The van der Waals surface area contributed by atoms with E-state index in [-0.39, 0.29) is 17.4 Å². The van der Waals surface area contributed by atoms with Crippen molar-refractivity contribution in [2.45, 2.75) is 13.0 Å². The van der Waals surface area contributed by atoms with Crippen molar-refractivity contribution < 1.29 is 27.9 Å². The van der Waals surface area contributed by atoms with Gasteiger partial charge in [-0.05, 0) is 25.1 Å². The summed E-state index contributed by atoms with van der Waals surface area (Å²) in [5, 5.41) is 8.57. The van der Waals surface area contributed by atoms with Crippen LogP contribution in [0, 0.1) is 0 Å². The number of amides is 1. The molecule has 122 valence electrons. The van der Waals surface area contributed by atoms with E-state index in [1.54, 1.807) is 25.1 Å². The summed E-state index contributed by atoms with van der Waals surface area (Å²) in [5.74, 6) is -1.35. The third-order valence-corrected chi connectivity index (χ3v) is 4.06. The summed E-state index contributed by atoms with van der Waals surface area (Å²) in [6, 6.07) is 5.61. The van der Waals surface area contributed by atoms with Gasteiger partial charge in [-0.15, -0.1) is 0 Å². The summed E-state index contributed by atoms with van der Waals surface area (Å²) in [5.41, 5.74) is 0.297. The fourth-order valence-electron chi connectivity index (χ4n) is 1.82. The van der Waals surface area contributed by atoms with E-state index in [1.807, 2.05) is 0 Å². The first-order chi connectivity index (χ1) is 10.1. The zero-order chi connectivity index (χ0) is 16.9. The lowest BCUT2D eigenvalue weighted by Gasteiger charge is -2.24. The second-order valence-corrected chi connectivity index (χ2v) is 7.25. The van der Waals surface area contributed by atoms with E-state index in [1.165, 1.54) is 18.0 Å². The van der Waals surface area contributed by atoms with Crippen molar-refractivity contribution in [3.63, 3.8) is 0 Å². The number of hydrogen-bond acceptors (Lipinski definition) is 5. The maximum absolute atomic E-state index is 12.3. The lowest BCUT2D eigenvalue weighted by atomic mass is 10.1. The van der Waals surface area contributed by atoms with Gasteiger partial charge in [0.15, 0.2) is 6.61 Å². The lowest BCUT2D eigenvalue weighted by molar-refractivity contribution is -0.139. The minimum atomic E-state index is -3.19. The molecule has 0 fully saturated rings. The zero-order valence-electron chi connectivity index (χ0n) is 12.6. The summed E-state index contributed by atoms with van der Waals surface area (Å²) >= 11 is 0. The van der Waals surface area contributed by atoms with Crippen LogP contribution in [-0.4, -0.2) is 62.0 Å². The predicted molar refractivity (Wildman–Crippen MR) is 80.8 cm³/mol. The van der Waals surface area contributed by atoms with Gasteiger partial charge in [-0.25, -0.2) is 13.2 Å². The van der Waals surface area contributed by atoms with Crippen LogP contribution in [0.1, 0.15) is 17.3 Å². The molecule has 1 N–H and O–H groups in total. The molecule has 0 aliphatic rings. The van der Waals surface area contributed by atoms with Gasteiger partial charge >= 0.3 is 5.97 Å². The summed E-state index contributed by atoms with van der Waals surface area (Å²) < 4.78 is 27.6. The number of ether oxygens (including phenoxy) is 1. The van der Waals surface area contributed by atoms with Crippen LogP contribution < -0.4 is 4.74 Å². The van der Waals surface area contributed by atoms with E-state index in [0.29, 0.717) is 5.56 Å². The fraction of sp³-hybridized carbons (Fsp3) is 0.429. The van der Waals surface area contributed by atoms with Gasteiger partial charge in [0.2, 0.25) is 0 Å². The van der Waals surface area contributed by atoms with Crippen LogP contribution in [0.2, 0.25) is 0 Å². The Labute approximate surface area is 129 Å². The van der Waals surface area contributed by atoms with Crippen molar-refractivity contribution in [3.05, 3.63) is 29.8 Å². The van der Waals surface area contributed by atoms with E-state index in [2.05, 4.69) is 0 Å². The molecule has 1 rings (SSSR count). The molecule has 1 atom stereocenters. The Hall–Kier alpha value is -2.09. The molecule has 1 aromatic carbocycles.